The first-order valence-corrected chi connectivity index (χ1v) is 11.0. The number of rotatable bonds is 8. The first kappa shape index (κ1) is 26.1. The number of alkyl halides is 3. The fraction of sp³-hybridized carbons (Fsp3) is 0.208. The Balaban J connectivity index is 2.23. The summed E-state index contributed by atoms with van der Waals surface area (Å²) in [5.41, 5.74) is 0.0593. The van der Waals surface area contributed by atoms with Crippen molar-refractivity contribution in [2.24, 2.45) is 0 Å². The zero-order valence-electron chi connectivity index (χ0n) is 18.2. The van der Waals surface area contributed by atoms with Crippen LogP contribution in [0.1, 0.15) is 17.2 Å². The number of nitro groups is 1. The highest BCUT2D eigenvalue weighted by Gasteiger charge is 2.50. The second-order valence-electron chi connectivity index (χ2n) is 7.52. The molecule has 3 aromatic carbocycles. The molecule has 0 bridgehead atoms. The second kappa shape index (κ2) is 10.9. The van der Waals surface area contributed by atoms with E-state index in [9.17, 15) is 32.5 Å². The van der Waals surface area contributed by atoms with Gasteiger partial charge in [0, 0.05) is 21.5 Å². The highest BCUT2D eigenvalue weighted by Crippen LogP contribution is 2.37. The molecule has 0 aliphatic carbocycles. The molecule has 11 heteroatoms. The van der Waals surface area contributed by atoms with E-state index in [4.69, 9.17) is 4.74 Å². The van der Waals surface area contributed by atoms with Crippen LogP contribution in [0.25, 0.3) is 0 Å². The molecule has 3 aromatic rings. The minimum Gasteiger partial charge on any atom is -0.497 e. The van der Waals surface area contributed by atoms with E-state index in [0.29, 0.717) is 15.1 Å². The molecular formula is C24H19BrF4N2O4. The SMILES string of the molecule is COc1ccc(N(C(=O)C(F)(F)F)[C@H](c2ccccc2)[C@H](Cc2cc(F)ccc2Br)[N+](=O)[O-])cc1. The Bertz CT molecular complexity index is 1190. The number of hydrogen-bond donors (Lipinski definition) is 0. The summed E-state index contributed by atoms with van der Waals surface area (Å²) in [7, 11) is 1.36. The van der Waals surface area contributed by atoms with Crippen molar-refractivity contribution in [2.75, 3.05) is 12.0 Å². The van der Waals surface area contributed by atoms with Gasteiger partial charge in [0.15, 0.2) is 0 Å². The number of amides is 1. The third-order valence-corrected chi connectivity index (χ3v) is 6.08. The highest BCUT2D eigenvalue weighted by atomic mass is 79.9. The third kappa shape index (κ3) is 6.16. The predicted octanol–water partition coefficient (Wildman–Crippen LogP) is 6.12. The third-order valence-electron chi connectivity index (χ3n) is 5.30. The number of carbonyl (C=O) groups excluding carboxylic acids is 1. The van der Waals surface area contributed by atoms with Crippen LogP contribution in [0.3, 0.4) is 0 Å². The van der Waals surface area contributed by atoms with Gasteiger partial charge in [-0.2, -0.15) is 13.2 Å². The van der Waals surface area contributed by atoms with E-state index in [-0.39, 0.29) is 16.8 Å². The monoisotopic (exact) mass is 554 g/mol. The van der Waals surface area contributed by atoms with Crippen molar-refractivity contribution in [3.05, 3.63) is 104 Å². The smallest absolute Gasteiger partial charge is 0.471 e. The number of carbonyl (C=O) groups is 1. The van der Waals surface area contributed by atoms with E-state index in [1.807, 2.05) is 0 Å². The van der Waals surface area contributed by atoms with Gasteiger partial charge in [0.1, 0.15) is 17.6 Å². The molecule has 0 saturated carbocycles. The van der Waals surface area contributed by atoms with Gasteiger partial charge in [-0.15, -0.1) is 0 Å². The van der Waals surface area contributed by atoms with Gasteiger partial charge in [-0.25, -0.2) is 4.39 Å². The molecular weight excluding hydrogens is 536 g/mol. The van der Waals surface area contributed by atoms with E-state index < -0.39 is 41.3 Å². The Hall–Kier alpha value is -3.47. The fourth-order valence-corrected chi connectivity index (χ4v) is 4.11. The number of benzene rings is 3. The number of methoxy groups -OCH3 is 1. The molecule has 3 rings (SSSR count). The van der Waals surface area contributed by atoms with Crippen molar-refractivity contribution in [2.45, 2.75) is 24.7 Å². The van der Waals surface area contributed by atoms with E-state index in [0.717, 1.165) is 12.1 Å². The van der Waals surface area contributed by atoms with Crippen molar-refractivity contribution in [3.63, 3.8) is 0 Å². The maximum Gasteiger partial charge on any atom is 0.471 e. The Morgan fingerprint density at radius 3 is 2.26 bits per heavy atom. The molecule has 35 heavy (non-hydrogen) atoms. The quantitative estimate of drug-likeness (QED) is 0.191. The molecule has 0 fully saturated rings. The number of halogens is 5. The van der Waals surface area contributed by atoms with Crippen LogP contribution in [-0.2, 0) is 11.2 Å². The molecule has 0 aromatic heterocycles. The van der Waals surface area contributed by atoms with Gasteiger partial charge in [-0.3, -0.25) is 19.8 Å². The molecule has 0 spiro atoms. The fourth-order valence-electron chi connectivity index (χ4n) is 3.70. The summed E-state index contributed by atoms with van der Waals surface area (Å²) in [5, 5.41) is 12.3. The summed E-state index contributed by atoms with van der Waals surface area (Å²) in [4.78, 5) is 24.6. The standard InChI is InChI=1S/C24H19BrF4N2O4/c1-35-19-10-8-18(9-11-19)30(23(32)24(27,28)29)22(15-5-3-2-4-6-15)21(31(33)34)14-16-13-17(26)7-12-20(16)25/h2-13,21-22H,14H2,1H3/t21-,22+/m0/s1. The number of hydrogen-bond acceptors (Lipinski definition) is 4. The number of anilines is 1. The van der Waals surface area contributed by atoms with Gasteiger partial charge in [-0.1, -0.05) is 46.3 Å². The van der Waals surface area contributed by atoms with Crippen LogP contribution in [0.15, 0.2) is 77.3 Å². The van der Waals surface area contributed by atoms with E-state index >= 15 is 0 Å². The van der Waals surface area contributed by atoms with E-state index in [1.165, 1.54) is 61.7 Å². The van der Waals surface area contributed by atoms with Gasteiger partial charge >= 0.3 is 12.1 Å². The summed E-state index contributed by atoms with van der Waals surface area (Å²) in [6, 6.07) is 12.6. The van der Waals surface area contributed by atoms with Crippen LogP contribution < -0.4 is 9.64 Å². The lowest BCUT2D eigenvalue weighted by molar-refractivity contribution is -0.526. The van der Waals surface area contributed by atoms with Gasteiger partial charge in [0.2, 0.25) is 6.04 Å². The van der Waals surface area contributed by atoms with E-state index in [1.54, 1.807) is 6.07 Å². The maximum atomic E-state index is 13.9. The number of nitrogens with zero attached hydrogens (tertiary/aromatic N) is 2. The molecule has 0 heterocycles. The molecule has 0 aliphatic rings. The highest BCUT2D eigenvalue weighted by molar-refractivity contribution is 9.10. The van der Waals surface area contributed by atoms with Crippen molar-refractivity contribution in [1.82, 2.24) is 0 Å². The van der Waals surface area contributed by atoms with Gasteiger partial charge in [0.05, 0.1) is 7.11 Å². The molecule has 0 saturated heterocycles. The first-order chi connectivity index (χ1) is 16.5. The summed E-state index contributed by atoms with van der Waals surface area (Å²) >= 11 is 3.21. The average Bonchev–Trinajstić information content (AvgIpc) is 2.83. The molecule has 1 amide bonds. The second-order valence-corrected chi connectivity index (χ2v) is 8.37. The zero-order valence-corrected chi connectivity index (χ0v) is 19.8. The van der Waals surface area contributed by atoms with Crippen LogP contribution >= 0.6 is 15.9 Å². The van der Waals surface area contributed by atoms with Crippen molar-refractivity contribution >= 4 is 27.5 Å². The van der Waals surface area contributed by atoms with Crippen LogP contribution in [-0.4, -0.2) is 30.2 Å². The topological polar surface area (TPSA) is 72.7 Å². The Kier molecular flexibility index (Phi) is 8.11. The molecule has 6 nitrogen and oxygen atoms in total. The van der Waals surface area contributed by atoms with Gasteiger partial charge in [-0.05, 0) is 53.6 Å². The summed E-state index contributed by atoms with van der Waals surface area (Å²) in [6.07, 6.45) is -5.78. The molecule has 184 valence electrons. The van der Waals surface area contributed by atoms with Gasteiger partial charge < -0.3 is 4.74 Å². The predicted molar refractivity (Wildman–Crippen MR) is 124 cm³/mol. The molecule has 0 radical (unpaired) electrons. The molecule has 0 unspecified atom stereocenters. The van der Waals surface area contributed by atoms with Crippen LogP contribution in [0.5, 0.6) is 5.75 Å². The molecule has 0 aliphatic heterocycles. The average molecular weight is 555 g/mol. The lowest BCUT2D eigenvalue weighted by atomic mass is 9.92. The van der Waals surface area contributed by atoms with Crippen LogP contribution in [0.2, 0.25) is 0 Å². The Morgan fingerprint density at radius 2 is 1.71 bits per heavy atom. The first-order valence-electron chi connectivity index (χ1n) is 10.2. The lowest BCUT2D eigenvalue weighted by Crippen LogP contribution is -2.49. The summed E-state index contributed by atoms with van der Waals surface area (Å²) in [6.45, 7) is 0. The number of ether oxygens (including phenoxy) is 1. The van der Waals surface area contributed by atoms with Crippen molar-refractivity contribution < 1.29 is 32.0 Å². The van der Waals surface area contributed by atoms with Crippen molar-refractivity contribution in [3.8, 4) is 5.75 Å². The minimum atomic E-state index is -5.33. The largest absolute Gasteiger partial charge is 0.497 e. The maximum absolute atomic E-state index is 13.9. The van der Waals surface area contributed by atoms with Gasteiger partial charge in [0.25, 0.3) is 0 Å². The Labute approximate surface area is 206 Å². The lowest BCUT2D eigenvalue weighted by Gasteiger charge is -2.34. The normalized spacial score (nSPS) is 13.1. The molecule has 0 N–H and O–H groups in total. The summed E-state index contributed by atoms with van der Waals surface area (Å²) in [5.74, 6) is -2.62. The van der Waals surface area contributed by atoms with E-state index in [2.05, 4.69) is 15.9 Å². The summed E-state index contributed by atoms with van der Waals surface area (Å²) < 4.78 is 60.6. The van der Waals surface area contributed by atoms with Crippen molar-refractivity contribution in [1.29, 1.82) is 0 Å². The van der Waals surface area contributed by atoms with Crippen LogP contribution in [0, 0.1) is 15.9 Å². The minimum absolute atomic E-state index is 0.107. The Morgan fingerprint density at radius 1 is 1.09 bits per heavy atom. The molecule has 2 atom stereocenters. The van der Waals surface area contributed by atoms with Crippen LogP contribution in [0.4, 0.5) is 23.2 Å². The zero-order chi connectivity index (χ0) is 25.8.